The summed E-state index contributed by atoms with van der Waals surface area (Å²) in [7, 11) is 3.92. The van der Waals surface area contributed by atoms with Gasteiger partial charge < -0.3 is 4.90 Å². The van der Waals surface area contributed by atoms with E-state index in [1.54, 1.807) is 18.3 Å². The number of carbonyl (C=O) groups is 1. The average molecular weight is 368 g/mol. The van der Waals surface area contributed by atoms with Crippen molar-refractivity contribution < 1.29 is 9.72 Å². The lowest BCUT2D eigenvalue weighted by Crippen LogP contribution is -2.16. The van der Waals surface area contributed by atoms with Gasteiger partial charge in [0.2, 0.25) is 0 Å². The number of hydrogen-bond acceptors (Lipinski definition) is 6. The molecular formula is C18H16N4O3S. The van der Waals surface area contributed by atoms with Crippen LogP contribution in [0.1, 0.15) is 15.2 Å². The fraction of sp³-hybridized carbons (Fsp3) is 0.111. The number of amides is 1. The van der Waals surface area contributed by atoms with Gasteiger partial charge in [-0.05, 0) is 29.8 Å². The molecular weight excluding hydrogens is 352 g/mol. The first kappa shape index (κ1) is 17.6. The van der Waals surface area contributed by atoms with Crippen LogP contribution in [0, 0.1) is 10.1 Å². The molecule has 1 amide bonds. The number of carbonyl (C=O) groups excluding carboxylic acids is 1. The quantitative estimate of drug-likeness (QED) is 0.423. The van der Waals surface area contributed by atoms with E-state index in [4.69, 9.17) is 0 Å². The summed E-state index contributed by atoms with van der Waals surface area (Å²) in [6.07, 6.45) is 1.56. The maximum absolute atomic E-state index is 12.2. The van der Waals surface area contributed by atoms with E-state index in [0.29, 0.717) is 10.3 Å². The molecule has 26 heavy (non-hydrogen) atoms. The highest BCUT2D eigenvalue weighted by Crippen LogP contribution is 2.28. The largest absolute Gasteiger partial charge is 0.378 e. The van der Waals surface area contributed by atoms with Crippen LogP contribution in [-0.2, 0) is 0 Å². The van der Waals surface area contributed by atoms with Crippen molar-refractivity contribution >= 4 is 44.9 Å². The van der Waals surface area contributed by atoms with Crippen molar-refractivity contribution in [3.63, 3.8) is 0 Å². The molecule has 0 saturated carbocycles. The number of thiophene rings is 1. The van der Waals surface area contributed by atoms with E-state index in [2.05, 4.69) is 10.5 Å². The fourth-order valence-electron chi connectivity index (χ4n) is 2.34. The molecule has 3 aromatic rings. The number of hydrogen-bond donors (Lipinski definition) is 1. The second-order valence-corrected chi connectivity index (χ2v) is 6.86. The molecule has 0 aliphatic carbocycles. The Morgan fingerprint density at radius 1 is 1.19 bits per heavy atom. The lowest BCUT2D eigenvalue weighted by Gasteiger charge is -2.11. The van der Waals surface area contributed by atoms with Gasteiger partial charge in [0, 0.05) is 42.0 Å². The van der Waals surface area contributed by atoms with Crippen molar-refractivity contribution in [2.24, 2.45) is 5.10 Å². The molecule has 0 unspecified atom stereocenters. The smallest absolute Gasteiger partial charge is 0.281 e. The molecule has 0 aliphatic rings. The molecule has 1 N–H and O–H groups in total. The predicted molar refractivity (Wildman–Crippen MR) is 104 cm³/mol. The van der Waals surface area contributed by atoms with E-state index < -0.39 is 4.92 Å². The van der Waals surface area contributed by atoms with Crippen molar-refractivity contribution in [2.75, 3.05) is 19.0 Å². The molecule has 0 bridgehead atoms. The molecule has 0 spiro atoms. The van der Waals surface area contributed by atoms with Gasteiger partial charge in [0.25, 0.3) is 11.6 Å². The van der Waals surface area contributed by atoms with E-state index in [1.807, 2.05) is 43.3 Å². The van der Waals surface area contributed by atoms with Crippen LogP contribution in [-0.4, -0.2) is 31.1 Å². The summed E-state index contributed by atoms with van der Waals surface area (Å²) in [6.45, 7) is 0. The van der Waals surface area contributed by atoms with Gasteiger partial charge in [-0.1, -0.05) is 12.1 Å². The Balaban J connectivity index is 1.69. The van der Waals surface area contributed by atoms with Crippen molar-refractivity contribution in [1.82, 2.24) is 5.43 Å². The third-order valence-electron chi connectivity index (χ3n) is 3.72. The number of rotatable bonds is 5. The maximum atomic E-state index is 12.2. The van der Waals surface area contributed by atoms with Crippen LogP contribution in [0.2, 0.25) is 0 Å². The monoisotopic (exact) mass is 368 g/mol. The van der Waals surface area contributed by atoms with Gasteiger partial charge in [0.1, 0.15) is 0 Å². The van der Waals surface area contributed by atoms with Crippen LogP contribution in [0.3, 0.4) is 0 Å². The lowest BCUT2D eigenvalue weighted by molar-refractivity contribution is -0.384. The molecule has 7 nitrogen and oxygen atoms in total. The van der Waals surface area contributed by atoms with E-state index in [1.165, 1.54) is 23.5 Å². The van der Waals surface area contributed by atoms with Gasteiger partial charge in [0.15, 0.2) is 0 Å². The van der Waals surface area contributed by atoms with Crippen LogP contribution < -0.4 is 10.3 Å². The van der Waals surface area contributed by atoms with Gasteiger partial charge in [-0.3, -0.25) is 14.9 Å². The Morgan fingerprint density at radius 3 is 2.58 bits per heavy atom. The number of anilines is 1. The van der Waals surface area contributed by atoms with Crippen LogP contribution in [0.4, 0.5) is 11.4 Å². The molecule has 1 aromatic heterocycles. The summed E-state index contributed by atoms with van der Waals surface area (Å²) in [4.78, 5) is 25.0. The fourth-order valence-corrected chi connectivity index (χ4v) is 3.27. The summed E-state index contributed by atoms with van der Waals surface area (Å²) in [5.74, 6) is -0.352. The number of non-ortho nitro benzene ring substituents is 1. The Kier molecular flexibility index (Phi) is 4.94. The number of nitrogens with zero attached hydrogens (tertiary/aromatic N) is 3. The number of nitro groups is 1. The van der Waals surface area contributed by atoms with Crippen LogP contribution in [0.5, 0.6) is 0 Å². The topological polar surface area (TPSA) is 87.8 Å². The SMILES string of the molecule is CN(C)c1ccc(C=NNC(=O)c2cc3cc([N+](=O)[O-])ccc3s2)cc1. The third-order valence-corrected chi connectivity index (χ3v) is 4.84. The van der Waals surface area contributed by atoms with Crippen molar-refractivity contribution in [3.05, 3.63) is 69.1 Å². The minimum Gasteiger partial charge on any atom is -0.378 e. The van der Waals surface area contributed by atoms with Gasteiger partial charge in [-0.25, -0.2) is 5.43 Å². The second-order valence-electron chi connectivity index (χ2n) is 5.77. The van der Waals surface area contributed by atoms with Gasteiger partial charge in [0.05, 0.1) is 16.0 Å². The summed E-state index contributed by atoms with van der Waals surface area (Å²) >= 11 is 1.26. The molecule has 0 radical (unpaired) electrons. The minimum absolute atomic E-state index is 0.00134. The van der Waals surface area contributed by atoms with Gasteiger partial charge >= 0.3 is 0 Å². The Bertz CT molecular complexity index is 993. The molecule has 1 heterocycles. The Morgan fingerprint density at radius 2 is 1.92 bits per heavy atom. The van der Waals surface area contributed by atoms with Crippen LogP contribution in [0.15, 0.2) is 53.6 Å². The number of benzene rings is 2. The summed E-state index contributed by atoms with van der Waals surface area (Å²) in [5, 5.41) is 15.5. The molecule has 3 rings (SSSR count). The molecule has 0 atom stereocenters. The first-order valence-corrected chi connectivity index (χ1v) is 8.54. The predicted octanol–water partition coefficient (Wildman–Crippen LogP) is 3.64. The lowest BCUT2D eigenvalue weighted by atomic mass is 10.2. The van der Waals surface area contributed by atoms with E-state index in [0.717, 1.165) is 16.0 Å². The zero-order valence-corrected chi connectivity index (χ0v) is 15.0. The third kappa shape index (κ3) is 3.86. The van der Waals surface area contributed by atoms with E-state index in [9.17, 15) is 14.9 Å². The molecule has 8 heteroatoms. The van der Waals surface area contributed by atoms with Gasteiger partial charge in [-0.15, -0.1) is 11.3 Å². The van der Waals surface area contributed by atoms with Crippen molar-refractivity contribution in [3.8, 4) is 0 Å². The molecule has 132 valence electrons. The van der Waals surface area contributed by atoms with Crippen LogP contribution >= 0.6 is 11.3 Å². The number of fused-ring (bicyclic) bond motifs is 1. The maximum Gasteiger partial charge on any atom is 0.281 e. The van der Waals surface area contributed by atoms with Gasteiger partial charge in [-0.2, -0.15) is 5.10 Å². The summed E-state index contributed by atoms with van der Waals surface area (Å²) in [6, 6.07) is 13.9. The Hall–Kier alpha value is -3.26. The summed E-state index contributed by atoms with van der Waals surface area (Å²) in [5.41, 5.74) is 4.42. The molecule has 0 saturated heterocycles. The number of nitro benzene ring substituents is 1. The highest BCUT2D eigenvalue weighted by molar-refractivity contribution is 7.20. The number of nitrogens with one attached hydrogen (secondary N) is 1. The zero-order valence-electron chi connectivity index (χ0n) is 14.2. The van der Waals surface area contributed by atoms with Crippen LogP contribution in [0.25, 0.3) is 10.1 Å². The molecule has 2 aromatic carbocycles. The van der Waals surface area contributed by atoms with E-state index >= 15 is 0 Å². The standard InChI is InChI=1S/C18H16N4O3S/c1-21(2)14-5-3-12(4-6-14)11-19-20-18(23)17-10-13-9-15(22(24)25)7-8-16(13)26-17/h3-11H,1-2H3,(H,20,23). The van der Waals surface area contributed by atoms with Crippen molar-refractivity contribution in [1.29, 1.82) is 0 Å². The zero-order chi connectivity index (χ0) is 18.7. The molecule has 0 fully saturated rings. The average Bonchev–Trinajstić information content (AvgIpc) is 3.05. The normalized spacial score (nSPS) is 11.0. The Labute approximate surface area is 153 Å². The first-order valence-electron chi connectivity index (χ1n) is 7.73. The highest BCUT2D eigenvalue weighted by Gasteiger charge is 2.12. The first-order chi connectivity index (χ1) is 12.4. The van der Waals surface area contributed by atoms with E-state index in [-0.39, 0.29) is 11.6 Å². The summed E-state index contributed by atoms with van der Waals surface area (Å²) < 4.78 is 0.809. The number of hydrazone groups is 1. The van der Waals surface area contributed by atoms with Crippen molar-refractivity contribution in [2.45, 2.75) is 0 Å². The second kappa shape index (κ2) is 7.32. The minimum atomic E-state index is -0.456. The highest BCUT2D eigenvalue weighted by atomic mass is 32.1. The molecule has 0 aliphatic heterocycles.